The molecular formula is C24H22N2O3. The maximum Gasteiger partial charge on any atom is 0.255 e. The Balaban J connectivity index is 1.34. The Bertz CT molecular complexity index is 1040. The van der Waals surface area contributed by atoms with E-state index in [0.29, 0.717) is 11.3 Å². The van der Waals surface area contributed by atoms with Crippen LogP contribution in [0.2, 0.25) is 0 Å². The number of carbonyl (C=O) groups is 3. The number of rotatable bonds is 3. The zero-order chi connectivity index (χ0) is 20.3. The van der Waals surface area contributed by atoms with Gasteiger partial charge in [0.25, 0.3) is 5.91 Å². The first-order chi connectivity index (χ1) is 13.9. The first kappa shape index (κ1) is 17.9. The third-order valence-electron chi connectivity index (χ3n) is 6.62. The summed E-state index contributed by atoms with van der Waals surface area (Å²) in [6, 6.07) is 12.5. The summed E-state index contributed by atoms with van der Waals surface area (Å²) in [5.41, 5.74) is 4.03. The third-order valence-corrected chi connectivity index (χ3v) is 6.62. The van der Waals surface area contributed by atoms with Crippen LogP contribution in [0.5, 0.6) is 0 Å². The van der Waals surface area contributed by atoms with E-state index in [-0.39, 0.29) is 41.4 Å². The molecule has 1 saturated heterocycles. The second-order valence-electron chi connectivity index (χ2n) is 8.31. The Labute approximate surface area is 169 Å². The summed E-state index contributed by atoms with van der Waals surface area (Å²) in [7, 11) is 0. The zero-order valence-corrected chi connectivity index (χ0v) is 16.4. The number of hydrogen-bond donors (Lipinski definition) is 1. The van der Waals surface area contributed by atoms with Crippen molar-refractivity contribution >= 4 is 29.1 Å². The topological polar surface area (TPSA) is 66.5 Å². The van der Waals surface area contributed by atoms with E-state index < -0.39 is 0 Å². The van der Waals surface area contributed by atoms with E-state index in [2.05, 4.69) is 17.5 Å². The van der Waals surface area contributed by atoms with Gasteiger partial charge in [0, 0.05) is 11.3 Å². The van der Waals surface area contributed by atoms with Gasteiger partial charge in [-0.2, -0.15) is 0 Å². The summed E-state index contributed by atoms with van der Waals surface area (Å²) in [6.45, 7) is 4.02. The van der Waals surface area contributed by atoms with Gasteiger partial charge in [0.2, 0.25) is 11.8 Å². The summed E-state index contributed by atoms with van der Waals surface area (Å²) in [5, 5.41) is 2.89. The number of fused-ring (bicyclic) bond motifs is 5. The Hall–Kier alpha value is -3.21. The highest BCUT2D eigenvalue weighted by atomic mass is 16.2. The number of benzene rings is 2. The molecule has 0 unspecified atom stereocenters. The van der Waals surface area contributed by atoms with E-state index in [1.807, 2.05) is 32.0 Å². The summed E-state index contributed by atoms with van der Waals surface area (Å²) >= 11 is 0. The van der Waals surface area contributed by atoms with Gasteiger partial charge >= 0.3 is 0 Å². The molecule has 2 aliphatic carbocycles. The van der Waals surface area contributed by atoms with Crippen LogP contribution in [0.4, 0.5) is 11.4 Å². The zero-order valence-electron chi connectivity index (χ0n) is 16.4. The van der Waals surface area contributed by atoms with Crippen LogP contribution in [0.25, 0.3) is 0 Å². The van der Waals surface area contributed by atoms with Gasteiger partial charge in [0.05, 0.1) is 17.5 Å². The number of carbonyl (C=O) groups excluding carboxylic acids is 3. The van der Waals surface area contributed by atoms with Gasteiger partial charge < -0.3 is 5.32 Å². The molecule has 2 aromatic carbocycles. The maximum absolute atomic E-state index is 12.9. The number of hydrogen-bond acceptors (Lipinski definition) is 3. The molecule has 3 aliphatic rings. The van der Waals surface area contributed by atoms with Crippen molar-refractivity contribution in [3.63, 3.8) is 0 Å². The van der Waals surface area contributed by atoms with Crippen molar-refractivity contribution in [3.05, 3.63) is 71.3 Å². The standard InChI is InChI=1S/C24H22N2O3/c1-13-3-8-18(11-14(13)2)25-22(27)15-6-9-19(10-7-15)26-23(28)20-16-4-5-17(12-16)21(20)24(26)29/h3-11,16-17,20-21H,12H2,1-2H3,(H,25,27)/t16-,17-,20-,21-/m0/s1. The van der Waals surface area contributed by atoms with Crippen molar-refractivity contribution in [2.45, 2.75) is 20.3 Å². The van der Waals surface area contributed by atoms with Gasteiger partial charge in [-0.25, -0.2) is 0 Å². The minimum atomic E-state index is -0.224. The van der Waals surface area contributed by atoms with Crippen molar-refractivity contribution in [3.8, 4) is 0 Å². The number of anilines is 2. The monoisotopic (exact) mass is 386 g/mol. The fourth-order valence-electron chi connectivity index (χ4n) is 4.94. The molecule has 4 atom stereocenters. The lowest BCUT2D eigenvalue weighted by Gasteiger charge is -2.17. The van der Waals surface area contributed by atoms with Gasteiger partial charge in [-0.3, -0.25) is 19.3 Å². The van der Waals surface area contributed by atoms with Crippen LogP contribution < -0.4 is 10.2 Å². The van der Waals surface area contributed by atoms with Crippen LogP contribution >= 0.6 is 0 Å². The molecule has 1 N–H and O–H groups in total. The summed E-state index contributed by atoms with van der Waals surface area (Å²) in [6.07, 6.45) is 5.08. The highest BCUT2D eigenvalue weighted by Crippen LogP contribution is 2.53. The second kappa shape index (κ2) is 6.41. The lowest BCUT2D eigenvalue weighted by molar-refractivity contribution is -0.123. The molecule has 0 aromatic heterocycles. The Morgan fingerprint density at radius 1 is 0.897 bits per heavy atom. The maximum atomic E-state index is 12.9. The molecule has 5 heteroatoms. The Kier molecular flexibility index (Phi) is 3.95. The van der Waals surface area contributed by atoms with Crippen molar-refractivity contribution in [2.24, 2.45) is 23.7 Å². The van der Waals surface area contributed by atoms with Gasteiger partial charge in [-0.15, -0.1) is 0 Å². The number of nitrogens with zero attached hydrogens (tertiary/aromatic N) is 1. The fourth-order valence-corrected chi connectivity index (χ4v) is 4.94. The Morgan fingerprint density at radius 3 is 2.10 bits per heavy atom. The van der Waals surface area contributed by atoms with Crippen molar-refractivity contribution in [1.29, 1.82) is 0 Å². The second-order valence-corrected chi connectivity index (χ2v) is 8.31. The van der Waals surface area contributed by atoms with E-state index in [0.717, 1.165) is 17.7 Å². The third kappa shape index (κ3) is 2.72. The molecule has 0 spiro atoms. The predicted molar refractivity (Wildman–Crippen MR) is 111 cm³/mol. The quantitative estimate of drug-likeness (QED) is 0.643. The number of amides is 3. The summed E-state index contributed by atoms with van der Waals surface area (Å²) in [4.78, 5) is 39.7. The van der Waals surface area contributed by atoms with Crippen LogP contribution in [0.1, 0.15) is 27.9 Å². The number of nitrogens with one attached hydrogen (secondary N) is 1. The lowest BCUT2D eigenvalue weighted by Crippen LogP contribution is -2.32. The molecule has 1 heterocycles. The fraction of sp³-hybridized carbons (Fsp3) is 0.292. The molecule has 2 fully saturated rings. The first-order valence-electron chi connectivity index (χ1n) is 9.99. The molecule has 2 bridgehead atoms. The minimum absolute atomic E-state index is 0.107. The predicted octanol–water partition coefficient (Wildman–Crippen LogP) is 3.87. The normalized spacial score (nSPS) is 26.9. The number of allylic oxidation sites excluding steroid dienone is 2. The van der Waals surface area contributed by atoms with E-state index in [1.165, 1.54) is 10.5 Å². The molecule has 146 valence electrons. The SMILES string of the molecule is Cc1ccc(NC(=O)c2ccc(N3C(=O)[C@@H]4[C@@H](C3=O)[C@H]3C=C[C@H]4C3)cc2)cc1C. The highest BCUT2D eigenvalue weighted by molar-refractivity contribution is 6.23. The van der Waals surface area contributed by atoms with Crippen molar-refractivity contribution in [1.82, 2.24) is 0 Å². The highest BCUT2D eigenvalue weighted by Gasteiger charge is 2.59. The van der Waals surface area contributed by atoms with E-state index in [4.69, 9.17) is 0 Å². The molecule has 2 aromatic rings. The molecular weight excluding hydrogens is 364 g/mol. The van der Waals surface area contributed by atoms with Gasteiger partial charge in [-0.1, -0.05) is 18.2 Å². The minimum Gasteiger partial charge on any atom is -0.322 e. The van der Waals surface area contributed by atoms with Gasteiger partial charge in [0.15, 0.2) is 0 Å². The van der Waals surface area contributed by atoms with Gasteiger partial charge in [0.1, 0.15) is 0 Å². The summed E-state index contributed by atoms with van der Waals surface area (Å²) in [5.74, 6) is -0.495. The molecule has 1 saturated carbocycles. The van der Waals surface area contributed by atoms with Crippen LogP contribution in [-0.2, 0) is 9.59 Å². The number of aryl methyl sites for hydroxylation is 2. The van der Waals surface area contributed by atoms with E-state index >= 15 is 0 Å². The molecule has 0 radical (unpaired) electrons. The van der Waals surface area contributed by atoms with Crippen LogP contribution in [-0.4, -0.2) is 17.7 Å². The van der Waals surface area contributed by atoms with Crippen LogP contribution in [0, 0.1) is 37.5 Å². The molecule has 29 heavy (non-hydrogen) atoms. The van der Waals surface area contributed by atoms with Crippen LogP contribution in [0.3, 0.4) is 0 Å². The molecule has 1 aliphatic heterocycles. The largest absolute Gasteiger partial charge is 0.322 e. The number of imide groups is 1. The molecule has 5 nitrogen and oxygen atoms in total. The van der Waals surface area contributed by atoms with E-state index in [9.17, 15) is 14.4 Å². The average Bonchev–Trinajstić information content (AvgIpc) is 3.39. The van der Waals surface area contributed by atoms with Crippen LogP contribution in [0.15, 0.2) is 54.6 Å². The smallest absolute Gasteiger partial charge is 0.255 e. The van der Waals surface area contributed by atoms with Gasteiger partial charge in [-0.05, 0) is 79.6 Å². The first-order valence-corrected chi connectivity index (χ1v) is 9.99. The average molecular weight is 386 g/mol. The molecule has 5 rings (SSSR count). The Morgan fingerprint density at radius 2 is 1.52 bits per heavy atom. The van der Waals surface area contributed by atoms with Crippen molar-refractivity contribution in [2.75, 3.05) is 10.2 Å². The summed E-state index contributed by atoms with van der Waals surface area (Å²) < 4.78 is 0. The van der Waals surface area contributed by atoms with Crippen molar-refractivity contribution < 1.29 is 14.4 Å². The lowest BCUT2D eigenvalue weighted by atomic mass is 9.85. The van der Waals surface area contributed by atoms with E-state index in [1.54, 1.807) is 24.3 Å². The molecule has 3 amide bonds.